The molecule has 0 aromatic heterocycles. The summed E-state index contributed by atoms with van der Waals surface area (Å²) in [6, 6.07) is 5.26. The molecule has 234 valence electrons. The molecule has 1 aromatic carbocycles. The number of unbranched alkanes of at least 4 members (excludes halogenated alkanes) is 4. The van der Waals surface area contributed by atoms with Crippen LogP contribution < -0.4 is 9.47 Å². The van der Waals surface area contributed by atoms with Gasteiger partial charge < -0.3 is 24.6 Å². The van der Waals surface area contributed by atoms with E-state index in [0.717, 1.165) is 56.9 Å². The van der Waals surface area contributed by atoms with Gasteiger partial charge in [0.15, 0.2) is 11.5 Å². The normalized spacial score (nSPS) is 24.0. The first-order valence-electron chi connectivity index (χ1n) is 15.9. The Hall–Kier alpha value is -2.65. The van der Waals surface area contributed by atoms with Crippen LogP contribution in [-0.4, -0.2) is 83.3 Å². The van der Waals surface area contributed by atoms with Crippen molar-refractivity contribution in [1.82, 2.24) is 9.80 Å². The number of aliphatic carboxylic acids is 1. The summed E-state index contributed by atoms with van der Waals surface area (Å²) in [6.07, 6.45) is 8.35. The Morgan fingerprint density at radius 1 is 1.07 bits per heavy atom. The predicted molar refractivity (Wildman–Crippen MR) is 160 cm³/mol. The Morgan fingerprint density at radius 2 is 1.81 bits per heavy atom. The SMILES string of the molecule is CCCCCC(CCCCCO)C(=O)CN1C[C@H](c2ccc3c(c2)OCO3)[C@@H](C(=O)O)[C@@H]1CCN1CC(C)(C)CC1=O. The van der Waals surface area contributed by atoms with E-state index in [1.54, 1.807) is 0 Å². The standard InChI is InChI=1S/C33H50N2O7/c1-4-5-7-10-23(11-8-6-9-16-36)27(37)20-35-19-25(24-12-13-28-29(17-24)42-22-41-28)31(32(39)40)26(35)14-15-34-21-33(2,3)18-30(34)38/h12-13,17,23,25-26,31,36H,4-11,14-16,18-22H2,1-3H3,(H,39,40)/t23?,25-,26+,31-/m1/s1. The number of likely N-dealkylation sites (tertiary alicyclic amines) is 2. The summed E-state index contributed by atoms with van der Waals surface area (Å²) in [7, 11) is 0. The topological polar surface area (TPSA) is 117 Å². The minimum absolute atomic E-state index is 0.0651. The van der Waals surface area contributed by atoms with Crippen molar-refractivity contribution in [2.75, 3.05) is 39.6 Å². The highest BCUT2D eigenvalue weighted by atomic mass is 16.7. The molecule has 0 saturated carbocycles. The van der Waals surface area contributed by atoms with Crippen molar-refractivity contribution in [3.05, 3.63) is 23.8 Å². The molecular weight excluding hydrogens is 536 g/mol. The average Bonchev–Trinajstić information content (AvgIpc) is 3.62. The summed E-state index contributed by atoms with van der Waals surface area (Å²) in [5, 5.41) is 19.7. The molecule has 9 heteroatoms. The Balaban J connectivity index is 1.55. The predicted octanol–water partition coefficient (Wildman–Crippen LogP) is 4.85. The maximum atomic E-state index is 13.8. The number of amides is 1. The molecule has 2 saturated heterocycles. The largest absolute Gasteiger partial charge is 0.481 e. The van der Waals surface area contributed by atoms with E-state index < -0.39 is 11.9 Å². The van der Waals surface area contributed by atoms with Crippen LogP contribution in [0.15, 0.2) is 18.2 Å². The van der Waals surface area contributed by atoms with Crippen molar-refractivity contribution in [3.63, 3.8) is 0 Å². The van der Waals surface area contributed by atoms with E-state index in [1.165, 1.54) is 0 Å². The minimum Gasteiger partial charge on any atom is -0.481 e. The van der Waals surface area contributed by atoms with Gasteiger partial charge in [-0.1, -0.05) is 58.9 Å². The van der Waals surface area contributed by atoms with Gasteiger partial charge in [-0.15, -0.1) is 0 Å². The zero-order valence-corrected chi connectivity index (χ0v) is 25.7. The molecule has 1 unspecified atom stereocenters. The van der Waals surface area contributed by atoms with Gasteiger partial charge in [0.05, 0.1) is 12.5 Å². The number of Topliss-reactive ketones (excluding diaryl/α,β-unsaturated/α-hetero) is 1. The lowest BCUT2D eigenvalue weighted by Crippen LogP contribution is -2.42. The van der Waals surface area contributed by atoms with Crippen molar-refractivity contribution >= 4 is 17.7 Å². The first-order valence-corrected chi connectivity index (χ1v) is 15.9. The second-order valence-corrected chi connectivity index (χ2v) is 13.3. The fourth-order valence-electron chi connectivity index (χ4n) is 7.12. The molecule has 4 rings (SSSR count). The number of carboxylic acid groups (broad SMARTS) is 1. The number of aliphatic hydroxyl groups is 1. The number of benzene rings is 1. The van der Waals surface area contributed by atoms with Crippen LogP contribution in [0.2, 0.25) is 0 Å². The molecular formula is C33H50N2O7. The Bertz CT molecular complexity index is 1090. The van der Waals surface area contributed by atoms with Gasteiger partial charge in [-0.25, -0.2) is 0 Å². The summed E-state index contributed by atoms with van der Waals surface area (Å²) in [4.78, 5) is 43.4. The number of nitrogens with zero attached hydrogens (tertiary/aromatic N) is 2. The molecule has 0 bridgehead atoms. The summed E-state index contributed by atoms with van der Waals surface area (Å²) >= 11 is 0. The monoisotopic (exact) mass is 586 g/mol. The van der Waals surface area contributed by atoms with Crippen LogP contribution in [0.1, 0.15) is 96.5 Å². The van der Waals surface area contributed by atoms with E-state index in [4.69, 9.17) is 9.47 Å². The van der Waals surface area contributed by atoms with Gasteiger partial charge >= 0.3 is 5.97 Å². The van der Waals surface area contributed by atoms with E-state index in [0.29, 0.717) is 44.0 Å². The third kappa shape index (κ3) is 8.04. The first kappa shape index (κ1) is 32.3. The first-order chi connectivity index (χ1) is 20.1. The summed E-state index contributed by atoms with van der Waals surface area (Å²) in [6.45, 7) is 8.45. The molecule has 9 nitrogen and oxygen atoms in total. The summed E-state index contributed by atoms with van der Waals surface area (Å²) in [5.74, 6) is -0.424. The van der Waals surface area contributed by atoms with Gasteiger partial charge in [-0.3, -0.25) is 19.3 Å². The smallest absolute Gasteiger partial charge is 0.308 e. The molecule has 0 radical (unpaired) electrons. The van der Waals surface area contributed by atoms with E-state index >= 15 is 0 Å². The summed E-state index contributed by atoms with van der Waals surface area (Å²) in [5.41, 5.74) is 0.777. The van der Waals surface area contributed by atoms with E-state index in [1.807, 2.05) is 23.1 Å². The number of rotatable bonds is 17. The zero-order chi connectivity index (χ0) is 30.3. The van der Waals surface area contributed by atoms with Gasteiger partial charge in [0.1, 0.15) is 5.78 Å². The molecule has 0 aliphatic carbocycles. The van der Waals surface area contributed by atoms with Crippen LogP contribution in [0.4, 0.5) is 0 Å². The molecule has 3 aliphatic heterocycles. The fourth-order valence-corrected chi connectivity index (χ4v) is 7.12. The Kier molecular flexibility index (Phi) is 11.3. The van der Waals surface area contributed by atoms with Gasteiger partial charge in [0, 0.05) is 50.5 Å². The van der Waals surface area contributed by atoms with Gasteiger partial charge in [-0.05, 0) is 48.8 Å². The van der Waals surface area contributed by atoms with Crippen molar-refractivity contribution in [3.8, 4) is 11.5 Å². The van der Waals surface area contributed by atoms with Gasteiger partial charge in [0.2, 0.25) is 12.7 Å². The van der Waals surface area contributed by atoms with E-state index in [9.17, 15) is 24.6 Å². The lowest BCUT2D eigenvalue weighted by molar-refractivity contribution is -0.143. The highest BCUT2D eigenvalue weighted by Gasteiger charge is 2.48. The van der Waals surface area contributed by atoms with Crippen LogP contribution >= 0.6 is 0 Å². The number of carbonyl (C=O) groups is 3. The molecule has 3 heterocycles. The molecule has 3 aliphatic rings. The fraction of sp³-hybridized carbons (Fsp3) is 0.727. The maximum Gasteiger partial charge on any atom is 0.308 e. The molecule has 42 heavy (non-hydrogen) atoms. The van der Waals surface area contributed by atoms with Crippen LogP contribution in [-0.2, 0) is 14.4 Å². The second-order valence-electron chi connectivity index (χ2n) is 13.3. The van der Waals surface area contributed by atoms with Crippen molar-refractivity contribution < 1.29 is 34.1 Å². The third-order valence-corrected chi connectivity index (χ3v) is 9.34. The number of aliphatic hydroxyl groups excluding tert-OH is 1. The van der Waals surface area contributed by atoms with Crippen LogP contribution in [0.25, 0.3) is 0 Å². The van der Waals surface area contributed by atoms with Crippen LogP contribution in [0, 0.1) is 17.3 Å². The molecule has 0 spiro atoms. The van der Waals surface area contributed by atoms with Gasteiger partial charge in [-0.2, -0.15) is 0 Å². The molecule has 2 N–H and O–H groups in total. The highest BCUT2D eigenvalue weighted by molar-refractivity contribution is 5.83. The van der Waals surface area contributed by atoms with Gasteiger partial charge in [0.25, 0.3) is 0 Å². The molecule has 2 fully saturated rings. The maximum absolute atomic E-state index is 13.8. The Labute approximate surface area is 250 Å². The number of carboxylic acids is 1. The highest BCUT2D eigenvalue weighted by Crippen LogP contribution is 2.43. The van der Waals surface area contributed by atoms with Crippen molar-refractivity contribution in [2.24, 2.45) is 17.3 Å². The lowest BCUT2D eigenvalue weighted by Gasteiger charge is -2.30. The average molecular weight is 587 g/mol. The van der Waals surface area contributed by atoms with Crippen molar-refractivity contribution in [2.45, 2.75) is 96.9 Å². The number of hydrogen-bond acceptors (Lipinski definition) is 7. The second kappa shape index (κ2) is 14.7. The minimum atomic E-state index is -0.880. The van der Waals surface area contributed by atoms with E-state index in [2.05, 4.69) is 25.7 Å². The number of ether oxygens (including phenoxy) is 2. The Morgan fingerprint density at radius 3 is 2.48 bits per heavy atom. The molecule has 1 amide bonds. The van der Waals surface area contributed by atoms with Crippen LogP contribution in [0.3, 0.4) is 0 Å². The molecule has 4 atom stereocenters. The van der Waals surface area contributed by atoms with Crippen LogP contribution in [0.5, 0.6) is 11.5 Å². The quantitative estimate of drug-likeness (QED) is 0.249. The number of carbonyl (C=O) groups excluding carboxylic acids is 2. The number of ketones is 1. The summed E-state index contributed by atoms with van der Waals surface area (Å²) < 4.78 is 11.1. The lowest BCUT2D eigenvalue weighted by atomic mass is 9.84. The molecule has 1 aromatic rings. The number of fused-ring (bicyclic) bond motifs is 1. The van der Waals surface area contributed by atoms with E-state index in [-0.39, 0.29) is 54.9 Å². The van der Waals surface area contributed by atoms with Crippen molar-refractivity contribution in [1.29, 1.82) is 0 Å². The zero-order valence-electron chi connectivity index (χ0n) is 25.7. The number of hydrogen-bond donors (Lipinski definition) is 2. The third-order valence-electron chi connectivity index (χ3n) is 9.34.